The third kappa shape index (κ3) is 8.06. The smallest absolute Gasteiger partial charge is 0.335 e. The molecule has 0 aliphatic carbocycles. The summed E-state index contributed by atoms with van der Waals surface area (Å²) in [6.45, 7) is 6.16. The number of aliphatic carboxylic acids is 2. The van der Waals surface area contributed by atoms with Crippen molar-refractivity contribution >= 4 is 33.4 Å². The Morgan fingerprint density at radius 3 is 2.20 bits per heavy atom. The number of carboxylic acids is 2. The first-order valence-corrected chi connectivity index (χ1v) is 12.5. The first kappa shape index (κ1) is 30.1. The van der Waals surface area contributed by atoms with E-state index in [1.807, 2.05) is 0 Å². The number of methoxy groups -OCH3 is 1. The Labute approximate surface area is 203 Å². The molecular weight excluding hydrogens is 486 g/mol. The predicted molar refractivity (Wildman–Crippen MR) is 125 cm³/mol. The first-order valence-electron chi connectivity index (χ1n) is 10.8. The van der Waals surface area contributed by atoms with Crippen molar-refractivity contribution in [2.24, 2.45) is 0 Å². The van der Waals surface area contributed by atoms with Crippen LogP contribution in [0.5, 0.6) is 5.75 Å². The lowest BCUT2D eigenvalue weighted by atomic mass is 10.1. The second kappa shape index (κ2) is 13.2. The number of benzene rings is 1. The number of hydrogen-bond acceptors (Lipinski definition) is 10. The first-order chi connectivity index (χ1) is 16.3. The largest absolute Gasteiger partial charge is 0.496 e. The van der Waals surface area contributed by atoms with Gasteiger partial charge in [-0.2, -0.15) is 0 Å². The van der Waals surface area contributed by atoms with Gasteiger partial charge in [0.05, 0.1) is 29.0 Å². The summed E-state index contributed by atoms with van der Waals surface area (Å²) in [5.74, 6) is -3.71. The molecule has 2 rings (SSSR count). The summed E-state index contributed by atoms with van der Waals surface area (Å²) in [5, 5.41) is 35.4. The molecule has 0 unspecified atom stereocenters. The van der Waals surface area contributed by atoms with Gasteiger partial charge in [0, 0.05) is 18.7 Å². The number of nitrogen functional groups attached to an aromatic ring is 1. The molecule has 1 heterocycles. The van der Waals surface area contributed by atoms with Crippen molar-refractivity contribution in [3.8, 4) is 5.75 Å². The molecule has 0 aromatic heterocycles. The molecule has 1 aliphatic rings. The van der Waals surface area contributed by atoms with Gasteiger partial charge in [-0.25, -0.2) is 18.0 Å². The predicted octanol–water partition coefficient (Wildman–Crippen LogP) is -0.837. The molecule has 3 atom stereocenters. The maximum Gasteiger partial charge on any atom is 0.335 e. The van der Waals surface area contributed by atoms with Crippen LogP contribution in [0.4, 0.5) is 5.69 Å². The summed E-state index contributed by atoms with van der Waals surface area (Å²) in [5.41, 5.74) is 6.11. The lowest BCUT2D eigenvalue weighted by Crippen LogP contribution is -2.40. The fraction of sp³-hybridized carbons (Fsp3) is 0.571. The third-order valence-corrected chi connectivity index (χ3v) is 7.28. The van der Waals surface area contributed by atoms with Crippen LogP contribution in [-0.2, 0) is 19.4 Å². The molecule has 198 valence electrons. The van der Waals surface area contributed by atoms with Crippen LogP contribution in [0.1, 0.15) is 37.0 Å². The highest BCUT2D eigenvalue weighted by atomic mass is 32.2. The van der Waals surface area contributed by atoms with E-state index in [4.69, 9.17) is 30.9 Å². The van der Waals surface area contributed by atoms with Crippen molar-refractivity contribution < 1.29 is 48.0 Å². The molecule has 1 saturated heterocycles. The minimum absolute atomic E-state index is 0.0306. The number of hydrogen-bond donors (Lipinski definition) is 6. The maximum atomic E-state index is 12.6. The highest BCUT2D eigenvalue weighted by Crippen LogP contribution is 2.29. The number of aliphatic hydroxyl groups excluding tert-OH is 2. The van der Waals surface area contributed by atoms with E-state index in [0.717, 1.165) is 25.9 Å². The van der Waals surface area contributed by atoms with E-state index in [0.29, 0.717) is 12.6 Å². The average Bonchev–Trinajstić information content (AvgIpc) is 3.28. The SMILES string of the molecule is CCN1CCC[C@H]1CNC(=O)c1cc(S(=O)(=O)CC)c(N)cc1OC.O=C(O)[C@@H](O)[C@H](O)C(=O)O. The quantitative estimate of drug-likeness (QED) is 0.209. The minimum atomic E-state index is -3.52. The molecule has 0 bridgehead atoms. The molecule has 0 saturated carbocycles. The van der Waals surface area contributed by atoms with Gasteiger partial charge in [0.25, 0.3) is 5.91 Å². The third-order valence-electron chi connectivity index (χ3n) is 5.50. The van der Waals surface area contributed by atoms with Gasteiger partial charge in [-0.15, -0.1) is 0 Å². The number of carbonyl (C=O) groups excluding carboxylic acids is 1. The van der Waals surface area contributed by atoms with Crippen LogP contribution in [0.3, 0.4) is 0 Å². The van der Waals surface area contributed by atoms with Crippen molar-refractivity contribution in [3.05, 3.63) is 17.7 Å². The topological polar surface area (TPSA) is 217 Å². The van der Waals surface area contributed by atoms with Crippen LogP contribution >= 0.6 is 0 Å². The number of likely N-dealkylation sites (N-methyl/N-ethyl adjacent to an activating group) is 1. The summed E-state index contributed by atoms with van der Waals surface area (Å²) in [4.78, 5) is 34.4. The summed E-state index contributed by atoms with van der Waals surface area (Å²) in [6.07, 6.45) is -2.36. The van der Waals surface area contributed by atoms with E-state index in [-0.39, 0.29) is 33.6 Å². The normalized spacial score (nSPS) is 17.6. The van der Waals surface area contributed by atoms with Gasteiger partial charge in [-0.3, -0.25) is 9.69 Å². The minimum Gasteiger partial charge on any atom is -0.496 e. The molecule has 13 nitrogen and oxygen atoms in total. The van der Waals surface area contributed by atoms with Gasteiger partial charge in [0.1, 0.15) is 5.75 Å². The van der Waals surface area contributed by atoms with E-state index >= 15 is 0 Å². The molecule has 1 amide bonds. The zero-order valence-corrected chi connectivity index (χ0v) is 20.6. The van der Waals surface area contributed by atoms with Gasteiger partial charge in [-0.05, 0) is 32.0 Å². The Hall–Kier alpha value is -2.94. The van der Waals surface area contributed by atoms with Gasteiger partial charge in [0.15, 0.2) is 22.0 Å². The van der Waals surface area contributed by atoms with Crippen molar-refractivity contribution in [1.29, 1.82) is 0 Å². The molecular formula is C21H33N3O10S. The standard InChI is InChI=1S/C17H27N3O4S.C4H6O6/c1-4-20-8-6-7-12(20)11-19-17(21)13-9-16(25(22,23)5-2)14(18)10-15(13)24-3;5-1(3(7)8)2(6)4(9)10/h9-10,12H,4-8,11,18H2,1-3H3,(H,19,21);1-2,5-6H,(H,7,8)(H,9,10)/t12-;1-,2-/m00/s1. The van der Waals surface area contributed by atoms with Gasteiger partial charge >= 0.3 is 11.9 Å². The molecule has 1 aromatic carbocycles. The fourth-order valence-electron chi connectivity index (χ4n) is 3.47. The summed E-state index contributed by atoms with van der Waals surface area (Å²) in [7, 11) is -2.10. The number of anilines is 1. The van der Waals surface area contributed by atoms with Crippen LogP contribution in [0.15, 0.2) is 17.0 Å². The number of nitrogens with zero attached hydrogens (tertiary/aromatic N) is 1. The molecule has 1 fully saturated rings. The highest BCUT2D eigenvalue weighted by Gasteiger charge is 2.29. The number of sulfone groups is 1. The number of aliphatic hydroxyl groups is 2. The Morgan fingerprint density at radius 1 is 1.17 bits per heavy atom. The molecule has 1 aliphatic heterocycles. The number of ether oxygens (including phenoxy) is 1. The zero-order chi connectivity index (χ0) is 26.9. The van der Waals surface area contributed by atoms with E-state index in [1.165, 1.54) is 26.2 Å². The second-order valence-corrected chi connectivity index (χ2v) is 9.94. The second-order valence-electron chi connectivity index (χ2n) is 7.69. The van der Waals surface area contributed by atoms with Crippen LogP contribution in [0.2, 0.25) is 0 Å². The van der Waals surface area contributed by atoms with Crippen molar-refractivity contribution in [2.75, 3.05) is 38.2 Å². The van der Waals surface area contributed by atoms with Crippen LogP contribution in [-0.4, -0.2) is 102 Å². The van der Waals surface area contributed by atoms with Crippen molar-refractivity contribution in [3.63, 3.8) is 0 Å². The van der Waals surface area contributed by atoms with Crippen molar-refractivity contribution in [2.45, 2.75) is 49.8 Å². The monoisotopic (exact) mass is 519 g/mol. The molecule has 35 heavy (non-hydrogen) atoms. The van der Waals surface area contributed by atoms with Crippen LogP contribution < -0.4 is 15.8 Å². The van der Waals surface area contributed by atoms with Gasteiger partial charge in [-0.1, -0.05) is 13.8 Å². The Kier molecular flexibility index (Phi) is 11.4. The number of nitrogens with two attached hydrogens (primary N) is 1. The fourth-order valence-corrected chi connectivity index (χ4v) is 4.49. The zero-order valence-electron chi connectivity index (χ0n) is 19.8. The Balaban J connectivity index is 0.000000518. The lowest BCUT2D eigenvalue weighted by molar-refractivity contribution is -0.165. The highest BCUT2D eigenvalue weighted by molar-refractivity contribution is 7.91. The van der Waals surface area contributed by atoms with Crippen molar-refractivity contribution in [1.82, 2.24) is 10.2 Å². The van der Waals surface area contributed by atoms with E-state index in [1.54, 1.807) is 0 Å². The van der Waals surface area contributed by atoms with E-state index in [2.05, 4.69) is 17.1 Å². The average molecular weight is 520 g/mol. The summed E-state index contributed by atoms with van der Waals surface area (Å²) in [6, 6.07) is 3.02. The van der Waals surface area contributed by atoms with Gasteiger partial charge in [0.2, 0.25) is 0 Å². The lowest BCUT2D eigenvalue weighted by Gasteiger charge is -2.23. The van der Waals surface area contributed by atoms with Gasteiger partial charge < -0.3 is 36.2 Å². The number of amides is 1. The van der Waals surface area contributed by atoms with E-state index in [9.17, 15) is 22.8 Å². The molecule has 0 spiro atoms. The summed E-state index contributed by atoms with van der Waals surface area (Å²) >= 11 is 0. The molecule has 7 N–H and O–H groups in total. The Bertz CT molecular complexity index is 997. The molecule has 14 heteroatoms. The number of likely N-dealkylation sites (tertiary alicyclic amines) is 1. The maximum absolute atomic E-state index is 12.6. The number of rotatable bonds is 10. The van der Waals surface area contributed by atoms with Crippen LogP contribution in [0, 0.1) is 0 Å². The number of nitrogens with one attached hydrogen (secondary N) is 1. The number of carbonyl (C=O) groups is 3. The molecule has 1 aromatic rings. The molecule has 0 radical (unpaired) electrons. The van der Waals surface area contributed by atoms with E-state index < -0.39 is 34.0 Å². The van der Waals surface area contributed by atoms with Crippen LogP contribution in [0.25, 0.3) is 0 Å². The summed E-state index contributed by atoms with van der Waals surface area (Å²) < 4.78 is 29.6. The Morgan fingerprint density at radius 2 is 1.74 bits per heavy atom. The number of carboxylic acid groups (broad SMARTS) is 2.